The van der Waals surface area contributed by atoms with Gasteiger partial charge in [-0.15, -0.1) is 0 Å². The molecule has 0 spiro atoms. The third kappa shape index (κ3) is 4.51. The number of benzene rings is 2. The number of carbonyl (C=O) groups excluding carboxylic acids is 1. The van der Waals surface area contributed by atoms with Gasteiger partial charge < -0.3 is 15.7 Å². The average molecular weight is 510 g/mol. The summed E-state index contributed by atoms with van der Waals surface area (Å²) in [5, 5.41) is 18.4. The van der Waals surface area contributed by atoms with Crippen LogP contribution in [0.1, 0.15) is 54.7 Å². The lowest BCUT2D eigenvalue weighted by Crippen LogP contribution is -2.38. The fourth-order valence-electron chi connectivity index (χ4n) is 4.67. The standard InChI is InChI=1S/C26H28ClN5O2S/c1-25(2)13-28-11-15-10-16(8-9-18(15)25)30-24-29-12-17-22(31-24)35-14-32(23(17)33)21-19(26(3,4)34)6-5-7-20(21)27/h5-10,12,28,34H,11,13-14H2,1-4H3,(H,29,30,31). The first-order chi connectivity index (χ1) is 16.5. The van der Waals surface area contributed by atoms with Gasteiger partial charge in [-0.25, -0.2) is 9.97 Å². The maximum atomic E-state index is 13.4. The molecule has 0 saturated heterocycles. The van der Waals surface area contributed by atoms with Gasteiger partial charge in [0.1, 0.15) is 5.03 Å². The fraction of sp³-hybridized carbons (Fsp3) is 0.346. The summed E-state index contributed by atoms with van der Waals surface area (Å²) in [7, 11) is 0. The summed E-state index contributed by atoms with van der Waals surface area (Å²) in [6.07, 6.45) is 1.55. The van der Waals surface area contributed by atoms with Crippen LogP contribution in [0, 0.1) is 0 Å². The number of nitrogens with one attached hydrogen (secondary N) is 2. The third-order valence-corrected chi connectivity index (χ3v) is 7.73. The van der Waals surface area contributed by atoms with Crippen LogP contribution in [-0.4, -0.2) is 33.4 Å². The van der Waals surface area contributed by atoms with Crippen molar-refractivity contribution in [3.05, 3.63) is 69.9 Å². The van der Waals surface area contributed by atoms with Crippen LogP contribution in [0.3, 0.4) is 0 Å². The van der Waals surface area contributed by atoms with Crippen LogP contribution in [0.5, 0.6) is 0 Å². The first-order valence-corrected chi connectivity index (χ1v) is 12.9. The van der Waals surface area contributed by atoms with Crippen LogP contribution in [0.2, 0.25) is 5.02 Å². The van der Waals surface area contributed by atoms with E-state index in [1.54, 1.807) is 43.1 Å². The number of rotatable bonds is 4. The molecule has 182 valence electrons. The topological polar surface area (TPSA) is 90.4 Å². The number of thioether (sulfide) groups is 1. The van der Waals surface area contributed by atoms with Gasteiger partial charge in [-0.2, -0.15) is 0 Å². The van der Waals surface area contributed by atoms with Crippen LogP contribution in [0.15, 0.2) is 47.6 Å². The Hall–Kier alpha value is -2.65. The molecule has 5 rings (SSSR count). The Morgan fingerprint density at radius 3 is 2.83 bits per heavy atom. The van der Waals surface area contributed by atoms with Gasteiger partial charge in [0, 0.05) is 36.0 Å². The average Bonchev–Trinajstić information content (AvgIpc) is 2.79. The molecule has 9 heteroatoms. The molecule has 2 aliphatic heterocycles. The van der Waals surface area contributed by atoms with E-state index in [1.807, 2.05) is 6.07 Å². The second kappa shape index (κ2) is 8.78. The molecular formula is C26H28ClN5O2S. The van der Waals surface area contributed by atoms with Crippen LogP contribution in [-0.2, 0) is 17.6 Å². The Labute approximate surface area is 214 Å². The highest BCUT2D eigenvalue weighted by Gasteiger charge is 2.33. The quantitative estimate of drug-likeness (QED) is 0.417. The maximum absolute atomic E-state index is 13.4. The summed E-state index contributed by atoms with van der Waals surface area (Å²) in [6, 6.07) is 11.6. The van der Waals surface area contributed by atoms with E-state index in [0.29, 0.717) is 38.7 Å². The lowest BCUT2D eigenvalue weighted by atomic mass is 9.79. The van der Waals surface area contributed by atoms with Crippen molar-refractivity contribution >= 4 is 46.6 Å². The van der Waals surface area contributed by atoms with Gasteiger partial charge in [0.05, 0.1) is 27.8 Å². The molecule has 3 N–H and O–H groups in total. The van der Waals surface area contributed by atoms with Crippen molar-refractivity contribution in [3.8, 4) is 0 Å². The summed E-state index contributed by atoms with van der Waals surface area (Å²) >= 11 is 7.92. The Balaban J connectivity index is 1.41. The number of hydrogen-bond acceptors (Lipinski definition) is 7. The van der Waals surface area contributed by atoms with Crippen LogP contribution >= 0.6 is 23.4 Å². The van der Waals surface area contributed by atoms with Crippen molar-refractivity contribution < 1.29 is 9.90 Å². The van der Waals surface area contributed by atoms with Crippen LogP contribution in [0.25, 0.3) is 0 Å². The number of aromatic nitrogens is 2. The number of nitrogens with zero attached hydrogens (tertiary/aromatic N) is 3. The molecule has 3 heterocycles. The van der Waals surface area contributed by atoms with Crippen molar-refractivity contribution in [2.24, 2.45) is 0 Å². The Morgan fingerprint density at radius 1 is 1.26 bits per heavy atom. The molecule has 0 atom stereocenters. The Kier molecular flexibility index (Phi) is 6.04. The maximum Gasteiger partial charge on any atom is 0.263 e. The molecule has 2 aliphatic rings. The van der Waals surface area contributed by atoms with E-state index in [4.69, 9.17) is 11.6 Å². The third-order valence-electron chi connectivity index (χ3n) is 6.45. The fourth-order valence-corrected chi connectivity index (χ4v) is 5.90. The summed E-state index contributed by atoms with van der Waals surface area (Å²) in [6.45, 7) is 9.61. The lowest BCUT2D eigenvalue weighted by molar-refractivity contribution is 0.0788. The van der Waals surface area contributed by atoms with Crippen LogP contribution in [0.4, 0.5) is 17.3 Å². The van der Waals surface area contributed by atoms with Gasteiger partial charge in [0.25, 0.3) is 5.91 Å². The van der Waals surface area contributed by atoms with Gasteiger partial charge in [0.2, 0.25) is 5.95 Å². The number of para-hydroxylation sites is 1. The highest BCUT2D eigenvalue weighted by molar-refractivity contribution is 7.99. The largest absolute Gasteiger partial charge is 0.386 e. The number of amides is 1. The van der Waals surface area contributed by atoms with E-state index in [1.165, 1.54) is 22.9 Å². The molecule has 7 nitrogen and oxygen atoms in total. The molecule has 0 bridgehead atoms. The zero-order chi connectivity index (χ0) is 25.0. The SMILES string of the molecule is CC(C)(O)c1cccc(Cl)c1N1CSc2nc(Nc3ccc4c(c3)CNCC4(C)C)ncc2C1=O. The molecule has 35 heavy (non-hydrogen) atoms. The molecule has 3 aromatic rings. The van der Waals surface area contributed by atoms with Gasteiger partial charge in [0.15, 0.2) is 0 Å². The second-order valence-corrected chi connectivity index (χ2v) is 11.4. The van der Waals surface area contributed by atoms with Crippen molar-refractivity contribution in [3.63, 3.8) is 0 Å². The number of carbonyl (C=O) groups is 1. The predicted octanol–water partition coefficient (Wildman–Crippen LogP) is 5.19. The van der Waals surface area contributed by atoms with Gasteiger partial charge >= 0.3 is 0 Å². The van der Waals surface area contributed by atoms with E-state index in [9.17, 15) is 9.90 Å². The van der Waals surface area contributed by atoms with Gasteiger partial charge in [-0.1, -0.05) is 55.4 Å². The number of hydrogen-bond donors (Lipinski definition) is 3. The molecule has 2 aromatic carbocycles. The molecule has 0 saturated carbocycles. The van der Waals surface area contributed by atoms with E-state index < -0.39 is 5.60 Å². The van der Waals surface area contributed by atoms with E-state index in [0.717, 1.165) is 18.8 Å². The predicted molar refractivity (Wildman–Crippen MR) is 141 cm³/mol. The zero-order valence-electron chi connectivity index (χ0n) is 20.1. The second-order valence-electron chi connectivity index (χ2n) is 10.1. The van der Waals surface area contributed by atoms with E-state index in [2.05, 4.69) is 46.6 Å². The molecule has 0 unspecified atom stereocenters. The summed E-state index contributed by atoms with van der Waals surface area (Å²) in [4.78, 5) is 24.0. The number of aliphatic hydroxyl groups is 1. The van der Waals surface area contributed by atoms with E-state index >= 15 is 0 Å². The number of fused-ring (bicyclic) bond motifs is 2. The minimum atomic E-state index is -1.16. The lowest BCUT2D eigenvalue weighted by Gasteiger charge is -2.33. The smallest absolute Gasteiger partial charge is 0.263 e. The van der Waals surface area contributed by atoms with Crippen LogP contribution < -0.4 is 15.5 Å². The first kappa shape index (κ1) is 24.1. The molecule has 0 aliphatic carbocycles. The normalized spacial score (nSPS) is 17.1. The highest BCUT2D eigenvalue weighted by atomic mass is 35.5. The zero-order valence-corrected chi connectivity index (χ0v) is 21.7. The van der Waals surface area contributed by atoms with E-state index in [-0.39, 0.29) is 11.3 Å². The first-order valence-electron chi connectivity index (χ1n) is 11.5. The molecule has 1 aromatic heterocycles. The molecule has 0 fully saturated rings. The molecular weight excluding hydrogens is 482 g/mol. The molecule has 0 radical (unpaired) electrons. The van der Waals surface area contributed by atoms with Crippen molar-refractivity contribution in [1.82, 2.24) is 15.3 Å². The van der Waals surface area contributed by atoms with Crippen molar-refractivity contribution in [2.45, 2.75) is 50.3 Å². The number of anilines is 3. The Morgan fingerprint density at radius 2 is 2.06 bits per heavy atom. The number of halogens is 1. The Bertz CT molecular complexity index is 1320. The van der Waals surface area contributed by atoms with Crippen molar-refractivity contribution in [2.75, 3.05) is 22.6 Å². The molecule has 1 amide bonds. The minimum absolute atomic E-state index is 0.0874. The van der Waals surface area contributed by atoms with Gasteiger partial charge in [-0.3, -0.25) is 9.69 Å². The highest BCUT2D eigenvalue weighted by Crippen LogP contribution is 2.41. The summed E-state index contributed by atoms with van der Waals surface area (Å²) in [5.41, 5.74) is 3.95. The summed E-state index contributed by atoms with van der Waals surface area (Å²) < 4.78 is 0. The van der Waals surface area contributed by atoms with Crippen molar-refractivity contribution in [1.29, 1.82) is 0 Å². The monoisotopic (exact) mass is 509 g/mol. The summed E-state index contributed by atoms with van der Waals surface area (Å²) in [5.74, 6) is 0.524. The minimum Gasteiger partial charge on any atom is -0.386 e. The van der Waals surface area contributed by atoms with Gasteiger partial charge in [-0.05, 0) is 43.2 Å².